The highest BCUT2D eigenvalue weighted by Crippen LogP contribution is 2.38. The number of halogens is 1. The van der Waals surface area contributed by atoms with Crippen LogP contribution in [-0.4, -0.2) is 21.0 Å². The Morgan fingerprint density at radius 2 is 1.69 bits per heavy atom. The molecule has 0 saturated carbocycles. The van der Waals surface area contributed by atoms with E-state index in [1.807, 2.05) is 12.1 Å². The summed E-state index contributed by atoms with van der Waals surface area (Å²) >= 11 is 2.46. The van der Waals surface area contributed by atoms with Crippen LogP contribution in [-0.2, 0) is 4.74 Å². The minimum absolute atomic E-state index is 0.137. The van der Waals surface area contributed by atoms with Crippen molar-refractivity contribution in [2.45, 2.75) is 76.8 Å². The first kappa shape index (κ1) is 22.9. The van der Waals surface area contributed by atoms with Crippen LogP contribution in [0.4, 0.5) is 4.79 Å². The van der Waals surface area contributed by atoms with Crippen LogP contribution in [0.1, 0.15) is 83.7 Å². The first-order chi connectivity index (χ1) is 11.7. The van der Waals surface area contributed by atoms with Crippen LogP contribution in [0.25, 0.3) is 0 Å². The molecule has 4 nitrogen and oxygen atoms in total. The average molecular weight is 474 g/mol. The molecule has 0 saturated heterocycles. The molecule has 0 N–H and O–H groups in total. The van der Waals surface area contributed by atoms with Crippen molar-refractivity contribution < 1.29 is 19.1 Å². The second-order valence-corrected chi connectivity index (χ2v) is 11.6. The molecule has 1 rings (SSSR count). The maximum atomic E-state index is 12.1. The van der Waals surface area contributed by atoms with Crippen molar-refractivity contribution in [1.82, 2.24) is 0 Å². The van der Waals surface area contributed by atoms with Crippen molar-refractivity contribution in [2.75, 3.05) is 0 Å². The maximum Gasteiger partial charge on any atom is 0.514 e. The van der Waals surface area contributed by atoms with E-state index in [9.17, 15) is 9.59 Å². The molecule has 1 unspecified atom stereocenters. The molecule has 0 amide bonds. The summed E-state index contributed by atoms with van der Waals surface area (Å²) in [6, 6.07) is 5.50. The highest BCUT2D eigenvalue weighted by molar-refractivity contribution is 14.1. The third kappa shape index (κ3) is 7.64. The molecule has 0 heterocycles. The van der Waals surface area contributed by atoms with Crippen molar-refractivity contribution in [2.24, 2.45) is 5.92 Å². The number of carbonyl (C=O) groups is 2. The van der Waals surface area contributed by atoms with Crippen molar-refractivity contribution >= 4 is 34.5 Å². The number of benzene rings is 1. The van der Waals surface area contributed by atoms with Crippen molar-refractivity contribution in [3.8, 4) is 5.75 Å². The van der Waals surface area contributed by atoms with Crippen LogP contribution in [0.3, 0.4) is 0 Å². The molecule has 0 spiro atoms. The third-order valence-corrected chi connectivity index (χ3v) is 4.34. The van der Waals surface area contributed by atoms with Crippen LogP contribution >= 0.6 is 22.6 Å². The SMILES string of the molecule is CC(=O)c1cc(C(CC(C)(C)I)C(C)C)ccc1OC(=O)OC(C)(C)C. The molecule has 0 aliphatic carbocycles. The fourth-order valence-electron chi connectivity index (χ4n) is 2.76. The van der Waals surface area contributed by atoms with Crippen molar-refractivity contribution in [3.05, 3.63) is 29.3 Å². The predicted molar refractivity (Wildman–Crippen MR) is 114 cm³/mol. The Hall–Kier alpha value is -1.11. The van der Waals surface area contributed by atoms with Gasteiger partial charge in [-0.05, 0) is 63.6 Å². The lowest BCUT2D eigenvalue weighted by Gasteiger charge is -2.28. The van der Waals surface area contributed by atoms with Crippen LogP contribution in [0.2, 0.25) is 0 Å². The second-order valence-electron chi connectivity index (χ2n) is 8.65. The van der Waals surface area contributed by atoms with Gasteiger partial charge in [-0.25, -0.2) is 4.79 Å². The number of Topliss-reactive ketones (excluding diaryl/α,β-unsaturated/α-hetero) is 1. The monoisotopic (exact) mass is 474 g/mol. The van der Waals surface area contributed by atoms with E-state index in [1.54, 1.807) is 26.8 Å². The van der Waals surface area contributed by atoms with Gasteiger partial charge in [0.15, 0.2) is 5.78 Å². The van der Waals surface area contributed by atoms with E-state index in [2.05, 4.69) is 50.3 Å². The van der Waals surface area contributed by atoms with Gasteiger partial charge in [0.05, 0.1) is 5.56 Å². The number of carbonyl (C=O) groups excluding carboxylic acids is 2. The van der Waals surface area contributed by atoms with Gasteiger partial charge in [0.25, 0.3) is 0 Å². The van der Waals surface area contributed by atoms with E-state index in [0.29, 0.717) is 17.4 Å². The minimum Gasteiger partial charge on any atom is -0.428 e. The predicted octanol–water partition coefficient (Wildman–Crippen LogP) is 6.55. The summed E-state index contributed by atoms with van der Waals surface area (Å²) < 4.78 is 10.6. The lowest BCUT2D eigenvalue weighted by atomic mass is 9.81. The summed E-state index contributed by atoms with van der Waals surface area (Å²) in [4.78, 5) is 24.1. The van der Waals surface area contributed by atoms with Gasteiger partial charge in [0.2, 0.25) is 0 Å². The van der Waals surface area contributed by atoms with E-state index in [-0.39, 0.29) is 15.0 Å². The molecule has 146 valence electrons. The highest BCUT2D eigenvalue weighted by Gasteiger charge is 2.26. The smallest absolute Gasteiger partial charge is 0.428 e. The van der Waals surface area contributed by atoms with Gasteiger partial charge in [-0.1, -0.05) is 56.4 Å². The standard InChI is InChI=1S/C21H31IO4/c1-13(2)17(12-21(7,8)22)15-9-10-18(16(11-15)14(3)23)25-19(24)26-20(4,5)6/h9-11,13,17H,12H2,1-8H3. The highest BCUT2D eigenvalue weighted by atomic mass is 127. The number of ether oxygens (including phenoxy) is 2. The summed E-state index contributed by atoms with van der Waals surface area (Å²) in [5, 5.41) is 0. The Labute approximate surface area is 171 Å². The van der Waals surface area contributed by atoms with Crippen LogP contribution < -0.4 is 4.74 Å². The van der Waals surface area contributed by atoms with Crippen LogP contribution in [0, 0.1) is 5.92 Å². The van der Waals surface area contributed by atoms with Crippen molar-refractivity contribution in [1.29, 1.82) is 0 Å². The van der Waals surface area contributed by atoms with Gasteiger partial charge in [0.1, 0.15) is 11.4 Å². The summed E-state index contributed by atoms with van der Waals surface area (Å²) in [7, 11) is 0. The molecule has 0 aromatic heterocycles. The fourth-order valence-corrected chi connectivity index (χ4v) is 3.24. The van der Waals surface area contributed by atoms with Gasteiger partial charge in [-0.15, -0.1) is 0 Å². The average Bonchev–Trinajstić information content (AvgIpc) is 2.41. The quantitative estimate of drug-likeness (QED) is 0.154. The second kappa shape index (κ2) is 8.72. The Bertz CT molecular complexity index is 651. The molecule has 0 bridgehead atoms. The molecule has 0 aliphatic heterocycles. The minimum atomic E-state index is -0.804. The van der Waals surface area contributed by atoms with E-state index in [4.69, 9.17) is 9.47 Å². The van der Waals surface area contributed by atoms with E-state index in [1.165, 1.54) is 6.92 Å². The fraction of sp³-hybridized carbons (Fsp3) is 0.619. The zero-order chi connectivity index (χ0) is 20.3. The lowest BCUT2D eigenvalue weighted by Crippen LogP contribution is -2.26. The first-order valence-corrected chi connectivity index (χ1v) is 10.0. The molecule has 0 fully saturated rings. The van der Waals surface area contributed by atoms with E-state index < -0.39 is 11.8 Å². The zero-order valence-electron chi connectivity index (χ0n) is 17.1. The molecular formula is C21H31IO4. The summed E-state index contributed by atoms with van der Waals surface area (Å²) in [5.74, 6) is 0.852. The Morgan fingerprint density at radius 3 is 2.12 bits per heavy atom. The van der Waals surface area contributed by atoms with Gasteiger partial charge in [0, 0.05) is 3.42 Å². The Morgan fingerprint density at radius 1 is 1.12 bits per heavy atom. The first-order valence-electron chi connectivity index (χ1n) is 8.94. The molecule has 1 atom stereocenters. The molecule has 0 radical (unpaired) electrons. The van der Waals surface area contributed by atoms with Gasteiger partial charge < -0.3 is 9.47 Å². The van der Waals surface area contributed by atoms with Gasteiger partial charge in [-0.2, -0.15) is 0 Å². The topological polar surface area (TPSA) is 52.6 Å². The Balaban J connectivity index is 3.18. The summed E-state index contributed by atoms with van der Waals surface area (Å²) in [5.41, 5.74) is 0.846. The normalized spacial score (nSPS) is 13.5. The molecule has 1 aromatic rings. The molecule has 0 aliphatic rings. The third-order valence-electron chi connectivity index (χ3n) is 3.90. The summed E-state index contributed by atoms with van der Waals surface area (Å²) in [6.07, 6.45) is 0.191. The van der Waals surface area contributed by atoms with Crippen molar-refractivity contribution in [3.63, 3.8) is 0 Å². The van der Waals surface area contributed by atoms with E-state index >= 15 is 0 Å². The summed E-state index contributed by atoms with van der Waals surface area (Å²) in [6.45, 7) is 15.6. The van der Waals surface area contributed by atoms with E-state index in [0.717, 1.165) is 12.0 Å². The number of rotatable bonds is 6. The molecule has 5 heteroatoms. The number of alkyl halides is 1. The number of ketones is 1. The van der Waals surface area contributed by atoms with Crippen LogP contribution in [0.15, 0.2) is 18.2 Å². The largest absolute Gasteiger partial charge is 0.514 e. The van der Waals surface area contributed by atoms with Gasteiger partial charge >= 0.3 is 6.16 Å². The maximum absolute atomic E-state index is 12.1. The Kier molecular flexibility index (Phi) is 7.69. The number of hydrogen-bond acceptors (Lipinski definition) is 4. The van der Waals surface area contributed by atoms with Crippen LogP contribution in [0.5, 0.6) is 5.75 Å². The zero-order valence-corrected chi connectivity index (χ0v) is 19.3. The number of hydrogen-bond donors (Lipinski definition) is 0. The van der Waals surface area contributed by atoms with Gasteiger partial charge in [-0.3, -0.25) is 4.79 Å². The molecule has 26 heavy (non-hydrogen) atoms. The lowest BCUT2D eigenvalue weighted by molar-refractivity contribution is 0.0205. The molecular weight excluding hydrogens is 443 g/mol. The molecule has 1 aromatic carbocycles.